The van der Waals surface area contributed by atoms with Gasteiger partial charge in [0.2, 0.25) is 0 Å². The van der Waals surface area contributed by atoms with Crippen LogP contribution in [0.2, 0.25) is 0 Å². The topological polar surface area (TPSA) is 46.5 Å². The highest BCUT2D eigenvalue weighted by atomic mass is 16.5. The average Bonchev–Trinajstić information content (AvgIpc) is 2.60. The highest BCUT2D eigenvalue weighted by molar-refractivity contribution is 5.69. The van der Waals surface area contributed by atoms with Crippen LogP contribution in [0.4, 0.5) is 0 Å². The van der Waals surface area contributed by atoms with Crippen molar-refractivity contribution < 1.29 is 14.6 Å². The van der Waals surface area contributed by atoms with Crippen molar-refractivity contribution in [3.8, 4) is 0 Å². The summed E-state index contributed by atoms with van der Waals surface area (Å²) >= 11 is 0. The van der Waals surface area contributed by atoms with Crippen LogP contribution in [0, 0.1) is 5.92 Å². The Hall–Kier alpha value is -0.570. The number of rotatable bonds is 14. The van der Waals surface area contributed by atoms with E-state index in [0.29, 0.717) is 6.42 Å². The molecule has 0 aromatic heterocycles. The normalized spacial score (nSPS) is 10.1. The summed E-state index contributed by atoms with van der Waals surface area (Å²) in [7, 11) is 0. The van der Waals surface area contributed by atoms with Crippen LogP contribution in [0.3, 0.4) is 0 Å². The number of hydrogen-bond acceptors (Lipinski definition) is 3. The van der Waals surface area contributed by atoms with Gasteiger partial charge in [-0.15, -0.1) is 0 Å². The molecular weight excluding hydrogens is 336 g/mol. The lowest BCUT2D eigenvalue weighted by Gasteiger charge is -2.07. The molecule has 0 unspecified atom stereocenters. The Balaban J connectivity index is -0.000000604. The van der Waals surface area contributed by atoms with Gasteiger partial charge in [0.05, 0.1) is 6.10 Å². The molecule has 3 heteroatoms. The zero-order valence-electron chi connectivity index (χ0n) is 19.8. The van der Waals surface area contributed by atoms with Gasteiger partial charge in [0.1, 0.15) is 0 Å². The van der Waals surface area contributed by atoms with Gasteiger partial charge >= 0.3 is 5.97 Å². The zero-order valence-corrected chi connectivity index (χ0v) is 19.8. The van der Waals surface area contributed by atoms with Crippen LogP contribution in [0.15, 0.2) is 0 Å². The molecule has 0 heterocycles. The van der Waals surface area contributed by atoms with Gasteiger partial charge in [-0.05, 0) is 33.1 Å². The molecule has 0 radical (unpaired) electrons. The lowest BCUT2D eigenvalue weighted by atomic mass is 10.1. The number of aliphatic hydroxyl groups is 1. The Morgan fingerprint density at radius 2 is 1.07 bits per heavy atom. The monoisotopic (exact) mass is 388 g/mol. The van der Waals surface area contributed by atoms with Gasteiger partial charge < -0.3 is 9.84 Å². The second-order valence-corrected chi connectivity index (χ2v) is 7.94. The molecule has 0 saturated heterocycles. The maximum Gasteiger partial charge on any atom is 0.306 e. The standard InChI is InChI=1S/C17H34O2.C5H12.C2H6O/c1-4-5-6-7-8-9-10-11-12-13-14-15-17(18)19-16(2)3;1-4-5(2)3;1-2-3/h16H,4-15H2,1-3H3;5H,4H2,1-3H3;3H,2H2,1H3. The molecule has 0 aliphatic carbocycles. The highest BCUT2D eigenvalue weighted by Crippen LogP contribution is 2.12. The third-order valence-electron chi connectivity index (χ3n) is 4.17. The first-order valence-corrected chi connectivity index (χ1v) is 11.7. The summed E-state index contributed by atoms with van der Waals surface area (Å²) in [6.45, 7) is 14.6. The maximum absolute atomic E-state index is 11.3. The molecule has 0 aliphatic rings. The molecule has 0 aliphatic heterocycles. The smallest absolute Gasteiger partial charge is 0.306 e. The fourth-order valence-electron chi connectivity index (χ4n) is 2.26. The van der Waals surface area contributed by atoms with Crippen molar-refractivity contribution in [2.45, 2.75) is 138 Å². The zero-order chi connectivity index (χ0) is 21.3. The van der Waals surface area contributed by atoms with Crippen molar-refractivity contribution in [3.05, 3.63) is 0 Å². The van der Waals surface area contributed by atoms with E-state index in [1.165, 1.54) is 70.6 Å². The van der Waals surface area contributed by atoms with Crippen molar-refractivity contribution in [3.63, 3.8) is 0 Å². The van der Waals surface area contributed by atoms with E-state index in [0.717, 1.165) is 12.3 Å². The molecule has 0 saturated carbocycles. The Bertz CT molecular complexity index is 262. The molecule has 166 valence electrons. The van der Waals surface area contributed by atoms with Gasteiger partial charge in [0.15, 0.2) is 0 Å². The van der Waals surface area contributed by atoms with Crippen molar-refractivity contribution in [1.82, 2.24) is 0 Å². The van der Waals surface area contributed by atoms with Crippen LogP contribution in [0.5, 0.6) is 0 Å². The first-order chi connectivity index (χ1) is 12.8. The average molecular weight is 389 g/mol. The molecular formula is C24H52O3. The van der Waals surface area contributed by atoms with Crippen LogP contribution in [-0.4, -0.2) is 23.8 Å². The fourth-order valence-corrected chi connectivity index (χ4v) is 2.26. The predicted molar refractivity (Wildman–Crippen MR) is 120 cm³/mol. The third-order valence-corrected chi connectivity index (χ3v) is 4.17. The summed E-state index contributed by atoms with van der Waals surface area (Å²) in [6, 6.07) is 0. The number of ether oxygens (including phenoxy) is 1. The predicted octanol–water partition coefficient (Wildman–Crippen LogP) is 7.69. The minimum atomic E-state index is -0.0362. The van der Waals surface area contributed by atoms with E-state index in [1.54, 1.807) is 6.92 Å². The van der Waals surface area contributed by atoms with Crippen molar-refractivity contribution in [1.29, 1.82) is 0 Å². The molecule has 0 spiro atoms. The minimum Gasteiger partial charge on any atom is -0.463 e. The van der Waals surface area contributed by atoms with E-state index in [9.17, 15) is 4.79 Å². The number of hydrogen-bond donors (Lipinski definition) is 1. The minimum absolute atomic E-state index is 0.0280. The molecule has 0 rings (SSSR count). The van der Waals surface area contributed by atoms with E-state index in [1.807, 2.05) is 13.8 Å². The molecule has 3 nitrogen and oxygen atoms in total. The number of aliphatic hydroxyl groups excluding tert-OH is 1. The number of unbranched alkanes of at least 4 members (excludes halogenated alkanes) is 10. The van der Waals surface area contributed by atoms with Crippen LogP contribution in [0.25, 0.3) is 0 Å². The van der Waals surface area contributed by atoms with E-state index in [4.69, 9.17) is 9.84 Å². The van der Waals surface area contributed by atoms with Gasteiger partial charge in [-0.25, -0.2) is 0 Å². The molecule has 0 fully saturated rings. The second-order valence-electron chi connectivity index (χ2n) is 7.94. The van der Waals surface area contributed by atoms with Gasteiger partial charge in [0, 0.05) is 13.0 Å². The van der Waals surface area contributed by atoms with E-state index >= 15 is 0 Å². The largest absolute Gasteiger partial charge is 0.463 e. The molecule has 1 N–H and O–H groups in total. The number of carbonyl (C=O) groups excluding carboxylic acids is 1. The maximum atomic E-state index is 11.3. The van der Waals surface area contributed by atoms with Crippen molar-refractivity contribution >= 4 is 5.97 Å². The number of esters is 1. The summed E-state index contributed by atoms with van der Waals surface area (Å²) in [5.41, 5.74) is 0. The first kappa shape index (κ1) is 31.1. The van der Waals surface area contributed by atoms with Crippen LogP contribution in [-0.2, 0) is 9.53 Å². The Labute approximate surface area is 171 Å². The lowest BCUT2D eigenvalue weighted by molar-refractivity contribution is -0.147. The molecule has 0 atom stereocenters. The summed E-state index contributed by atoms with van der Waals surface area (Å²) in [5, 5.41) is 7.57. The van der Waals surface area contributed by atoms with E-state index in [2.05, 4.69) is 27.7 Å². The summed E-state index contributed by atoms with van der Waals surface area (Å²) in [4.78, 5) is 11.3. The Morgan fingerprint density at radius 1 is 0.741 bits per heavy atom. The van der Waals surface area contributed by atoms with E-state index in [-0.39, 0.29) is 18.7 Å². The fraction of sp³-hybridized carbons (Fsp3) is 0.958. The van der Waals surface area contributed by atoms with Crippen LogP contribution >= 0.6 is 0 Å². The lowest BCUT2D eigenvalue weighted by Crippen LogP contribution is -2.10. The van der Waals surface area contributed by atoms with Gasteiger partial charge in [-0.3, -0.25) is 4.79 Å². The molecule has 0 aromatic rings. The molecule has 0 amide bonds. The summed E-state index contributed by atoms with van der Waals surface area (Å²) in [5.74, 6) is 0.848. The Kier molecular flexibility index (Phi) is 31.9. The second kappa shape index (κ2) is 27.6. The SMILES string of the molecule is CCC(C)C.CCCCCCCCCCCCCC(=O)OC(C)C.CCO. The van der Waals surface area contributed by atoms with Crippen LogP contribution < -0.4 is 0 Å². The van der Waals surface area contributed by atoms with Gasteiger partial charge in [-0.2, -0.15) is 0 Å². The van der Waals surface area contributed by atoms with Gasteiger partial charge in [0.25, 0.3) is 0 Å². The van der Waals surface area contributed by atoms with E-state index < -0.39 is 0 Å². The molecule has 0 bridgehead atoms. The molecule has 27 heavy (non-hydrogen) atoms. The highest BCUT2D eigenvalue weighted by Gasteiger charge is 2.04. The third kappa shape index (κ3) is 41.1. The number of carbonyl (C=O) groups is 1. The molecule has 0 aromatic carbocycles. The Morgan fingerprint density at radius 3 is 1.37 bits per heavy atom. The van der Waals surface area contributed by atoms with Crippen molar-refractivity contribution in [2.24, 2.45) is 5.92 Å². The van der Waals surface area contributed by atoms with Crippen molar-refractivity contribution in [2.75, 3.05) is 6.61 Å². The first-order valence-electron chi connectivity index (χ1n) is 11.7. The quantitative estimate of drug-likeness (QED) is 0.245. The van der Waals surface area contributed by atoms with Gasteiger partial charge in [-0.1, -0.05) is 98.3 Å². The van der Waals surface area contributed by atoms with Crippen LogP contribution in [0.1, 0.15) is 132 Å². The summed E-state index contributed by atoms with van der Waals surface area (Å²) in [6.07, 6.45) is 16.4. The summed E-state index contributed by atoms with van der Waals surface area (Å²) < 4.78 is 5.10.